The Balaban J connectivity index is 1.96. The fraction of sp³-hybridized carbons (Fsp3) is 0.0625. The van der Waals surface area contributed by atoms with Gasteiger partial charge in [0.25, 0.3) is 10.0 Å². The van der Waals surface area contributed by atoms with Gasteiger partial charge < -0.3 is 10.2 Å². The molecule has 0 atom stereocenters. The summed E-state index contributed by atoms with van der Waals surface area (Å²) < 4.78 is 32.8. The number of aryl methyl sites for hydroxylation is 1. The Morgan fingerprint density at radius 3 is 2.52 bits per heavy atom. The van der Waals surface area contributed by atoms with Crippen LogP contribution in [0.15, 0.2) is 64.4 Å². The number of nitrogens with two attached hydrogens (primary N) is 1. The molecule has 0 bridgehead atoms. The number of rotatable bonds is 4. The number of hydrogen-bond donors (Lipinski definition) is 2. The van der Waals surface area contributed by atoms with Gasteiger partial charge in [0.15, 0.2) is 12.2 Å². The lowest BCUT2D eigenvalue weighted by atomic mass is 10.1. The minimum Gasteiger partial charge on any atom is -0.444 e. The van der Waals surface area contributed by atoms with Crippen LogP contribution in [-0.2, 0) is 10.0 Å². The lowest BCUT2D eigenvalue weighted by Crippen LogP contribution is -2.13. The molecule has 0 saturated heterocycles. The number of hydrogen-bond acceptors (Lipinski definition) is 5. The predicted octanol–water partition coefficient (Wildman–Crippen LogP) is 3.03. The van der Waals surface area contributed by atoms with E-state index in [-0.39, 0.29) is 4.90 Å². The average Bonchev–Trinajstić information content (AvgIpc) is 3.04. The smallest absolute Gasteiger partial charge is 0.261 e. The largest absolute Gasteiger partial charge is 0.444 e. The van der Waals surface area contributed by atoms with Crippen molar-refractivity contribution in [3.63, 3.8) is 0 Å². The van der Waals surface area contributed by atoms with Crippen molar-refractivity contribution in [1.29, 1.82) is 0 Å². The summed E-state index contributed by atoms with van der Waals surface area (Å²) in [4.78, 5) is 4.01. The summed E-state index contributed by atoms with van der Waals surface area (Å²) in [5.41, 5.74) is 8.12. The summed E-state index contributed by atoms with van der Waals surface area (Å²) in [6.45, 7) is 1.82. The summed E-state index contributed by atoms with van der Waals surface area (Å²) in [6.07, 6.45) is 2.90. The lowest BCUT2D eigenvalue weighted by Gasteiger charge is -2.12. The van der Waals surface area contributed by atoms with E-state index in [9.17, 15) is 8.42 Å². The molecule has 3 N–H and O–H groups in total. The molecule has 0 fully saturated rings. The van der Waals surface area contributed by atoms with E-state index in [0.29, 0.717) is 17.1 Å². The van der Waals surface area contributed by atoms with Crippen molar-refractivity contribution in [3.05, 3.63) is 60.6 Å². The average molecular weight is 329 g/mol. The monoisotopic (exact) mass is 329 g/mol. The van der Waals surface area contributed by atoms with Crippen LogP contribution in [0.2, 0.25) is 0 Å². The lowest BCUT2D eigenvalue weighted by molar-refractivity contribution is 0.572. The van der Waals surface area contributed by atoms with Gasteiger partial charge >= 0.3 is 0 Å². The first-order valence-corrected chi connectivity index (χ1v) is 8.32. The van der Waals surface area contributed by atoms with Gasteiger partial charge in [0.2, 0.25) is 0 Å². The van der Waals surface area contributed by atoms with Gasteiger partial charge in [-0.05, 0) is 42.8 Å². The highest BCUT2D eigenvalue weighted by atomic mass is 32.2. The molecule has 118 valence electrons. The molecule has 0 radical (unpaired) electrons. The molecule has 3 aromatic rings. The third-order valence-corrected chi connectivity index (χ3v) is 4.77. The summed E-state index contributed by atoms with van der Waals surface area (Å²) in [7, 11) is -3.69. The second-order valence-electron chi connectivity index (χ2n) is 5.07. The molecule has 3 rings (SSSR count). The van der Waals surface area contributed by atoms with Crippen LogP contribution < -0.4 is 10.5 Å². The first-order valence-electron chi connectivity index (χ1n) is 6.83. The fourth-order valence-electron chi connectivity index (χ4n) is 2.09. The van der Waals surface area contributed by atoms with Crippen molar-refractivity contribution in [2.45, 2.75) is 11.8 Å². The minimum atomic E-state index is -3.69. The molecule has 0 aliphatic heterocycles. The molecule has 6 nitrogen and oxygen atoms in total. The van der Waals surface area contributed by atoms with Crippen LogP contribution in [0.3, 0.4) is 0 Å². The maximum absolute atomic E-state index is 12.5. The van der Waals surface area contributed by atoms with Gasteiger partial charge in [-0.2, -0.15) is 0 Å². The summed E-state index contributed by atoms with van der Waals surface area (Å²) in [5, 5.41) is 0. The van der Waals surface area contributed by atoms with Gasteiger partial charge in [-0.1, -0.05) is 12.1 Å². The summed E-state index contributed by atoms with van der Waals surface area (Å²) >= 11 is 0. The van der Waals surface area contributed by atoms with Crippen LogP contribution in [0.5, 0.6) is 0 Å². The van der Waals surface area contributed by atoms with Crippen molar-refractivity contribution in [2.24, 2.45) is 0 Å². The Morgan fingerprint density at radius 2 is 1.87 bits per heavy atom. The number of nitrogens with one attached hydrogen (secondary N) is 1. The van der Waals surface area contributed by atoms with Gasteiger partial charge in [-0.3, -0.25) is 4.72 Å². The van der Waals surface area contributed by atoms with Gasteiger partial charge in [0.1, 0.15) is 0 Å². The first kappa shape index (κ1) is 15.1. The standard InChI is InChI=1S/C16H15N3O3S/c1-11-2-3-12(16-9-18-10-22-16)8-15(11)19-23(20,21)14-6-4-13(17)5-7-14/h2-10,19H,17H2,1H3. The Labute approximate surface area is 134 Å². The molecular weight excluding hydrogens is 314 g/mol. The quantitative estimate of drug-likeness (QED) is 0.717. The third-order valence-electron chi connectivity index (χ3n) is 3.39. The molecule has 7 heteroatoms. The topological polar surface area (TPSA) is 98.2 Å². The van der Waals surface area contributed by atoms with Gasteiger partial charge in [-0.15, -0.1) is 0 Å². The van der Waals surface area contributed by atoms with Crippen molar-refractivity contribution in [1.82, 2.24) is 4.98 Å². The summed E-state index contributed by atoms with van der Waals surface area (Å²) in [6, 6.07) is 11.4. The number of benzene rings is 2. The van der Waals surface area contributed by atoms with E-state index in [1.54, 1.807) is 24.4 Å². The predicted molar refractivity (Wildman–Crippen MR) is 88.3 cm³/mol. The van der Waals surface area contributed by atoms with Crippen LogP contribution >= 0.6 is 0 Å². The maximum Gasteiger partial charge on any atom is 0.261 e. The molecule has 0 spiro atoms. The number of aromatic nitrogens is 1. The van der Waals surface area contributed by atoms with E-state index in [0.717, 1.165) is 11.1 Å². The normalized spacial score (nSPS) is 11.3. The molecular formula is C16H15N3O3S. The van der Waals surface area contributed by atoms with Crippen LogP contribution in [0.1, 0.15) is 5.56 Å². The molecule has 1 heterocycles. The zero-order chi connectivity index (χ0) is 16.4. The molecule has 23 heavy (non-hydrogen) atoms. The fourth-order valence-corrected chi connectivity index (χ4v) is 3.22. The zero-order valence-corrected chi connectivity index (χ0v) is 13.2. The van der Waals surface area contributed by atoms with Gasteiger partial charge in [-0.25, -0.2) is 13.4 Å². The van der Waals surface area contributed by atoms with E-state index in [2.05, 4.69) is 9.71 Å². The van der Waals surface area contributed by atoms with Crippen LogP contribution in [0.25, 0.3) is 11.3 Å². The van der Waals surface area contributed by atoms with Gasteiger partial charge in [0, 0.05) is 11.3 Å². The van der Waals surface area contributed by atoms with E-state index < -0.39 is 10.0 Å². The molecule has 0 amide bonds. The maximum atomic E-state index is 12.5. The minimum absolute atomic E-state index is 0.149. The van der Waals surface area contributed by atoms with Crippen LogP contribution in [0, 0.1) is 6.92 Å². The molecule has 0 aliphatic rings. The number of oxazole rings is 1. The van der Waals surface area contributed by atoms with E-state index in [1.807, 2.05) is 19.1 Å². The Morgan fingerprint density at radius 1 is 1.13 bits per heavy atom. The van der Waals surface area contributed by atoms with E-state index in [4.69, 9.17) is 10.2 Å². The Bertz CT molecular complexity index is 918. The second-order valence-corrected chi connectivity index (χ2v) is 6.75. The summed E-state index contributed by atoms with van der Waals surface area (Å²) in [5.74, 6) is 0.568. The highest BCUT2D eigenvalue weighted by Gasteiger charge is 2.16. The van der Waals surface area contributed by atoms with Crippen LogP contribution in [-0.4, -0.2) is 13.4 Å². The Hall–Kier alpha value is -2.80. The van der Waals surface area contributed by atoms with Crippen molar-refractivity contribution >= 4 is 21.4 Å². The number of nitrogen functional groups attached to an aromatic ring is 1. The number of sulfonamides is 1. The SMILES string of the molecule is Cc1ccc(-c2cnco2)cc1NS(=O)(=O)c1ccc(N)cc1. The Kier molecular flexibility index (Phi) is 3.79. The molecule has 0 unspecified atom stereocenters. The molecule has 0 saturated carbocycles. The molecule has 2 aromatic carbocycles. The second kappa shape index (κ2) is 5.77. The first-order chi connectivity index (χ1) is 11.0. The van der Waals surface area contributed by atoms with Crippen molar-refractivity contribution in [2.75, 3.05) is 10.5 Å². The van der Waals surface area contributed by atoms with Gasteiger partial charge in [0.05, 0.1) is 16.8 Å². The van der Waals surface area contributed by atoms with Crippen LogP contribution in [0.4, 0.5) is 11.4 Å². The van der Waals surface area contributed by atoms with Crippen molar-refractivity contribution in [3.8, 4) is 11.3 Å². The van der Waals surface area contributed by atoms with Crippen molar-refractivity contribution < 1.29 is 12.8 Å². The molecule has 0 aliphatic carbocycles. The zero-order valence-electron chi connectivity index (χ0n) is 12.4. The molecule has 1 aromatic heterocycles. The van der Waals surface area contributed by atoms with E-state index in [1.165, 1.54) is 18.5 Å². The van der Waals surface area contributed by atoms with E-state index >= 15 is 0 Å². The highest BCUT2D eigenvalue weighted by Crippen LogP contribution is 2.27. The third kappa shape index (κ3) is 3.19. The number of nitrogens with zero attached hydrogens (tertiary/aromatic N) is 1. The number of anilines is 2. The highest BCUT2D eigenvalue weighted by molar-refractivity contribution is 7.92.